The smallest absolute Gasteiger partial charge is 0.252 e. The van der Waals surface area contributed by atoms with E-state index in [-0.39, 0.29) is 11.9 Å². The molecule has 1 aliphatic carbocycles. The van der Waals surface area contributed by atoms with Crippen LogP contribution in [-0.4, -0.2) is 22.9 Å². The second-order valence-electron chi connectivity index (χ2n) is 7.25. The Kier molecular flexibility index (Phi) is 5.49. The van der Waals surface area contributed by atoms with Gasteiger partial charge in [-0.05, 0) is 49.4 Å². The zero-order valence-electron chi connectivity index (χ0n) is 16.5. The second-order valence-corrected chi connectivity index (χ2v) is 7.65. The molecule has 1 aromatic heterocycles. The van der Waals surface area contributed by atoms with E-state index in [1.54, 1.807) is 19.2 Å². The minimum absolute atomic E-state index is 0.222. The molecule has 5 nitrogen and oxygen atoms in total. The lowest BCUT2D eigenvalue weighted by Crippen LogP contribution is -2.18. The van der Waals surface area contributed by atoms with Gasteiger partial charge in [0.15, 0.2) is 0 Å². The quantitative estimate of drug-likeness (QED) is 0.643. The van der Waals surface area contributed by atoms with Crippen LogP contribution in [0.2, 0.25) is 5.02 Å². The fraction of sp³-hybridized carbons (Fsp3) is 0.261. The first kappa shape index (κ1) is 19.4. The number of nitrogens with one attached hydrogen (secondary N) is 2. The maximum absolute atomic E-state index is 12.1. The molecule has 0 saturated heterocycles. The first-order valence-corrected chi connectivity index (χ1v) is 10.1. The van der Waals surface area contributed by atoms with Crippen molar-refractivity contribution < 1.29 is 4.79 Å². The summed E-state index contributed by atoms with van der Waals surface area (Å²) in [4.78, 5) is 21.3. The molecular weight excluding hydrogens is 384 g/mol. The molecule has 0 bridgehead atoms. The zero-order valence-corrected chi connectivity index (χ0v) is 17.3. The predicted octanol–water partition coefficient (Wildman–Crippen LogP) is 4.95. The molecule has 29 heavy (non-hydrogen) atoms. The van der Waals surface area contributed by atoms with Crippen LogP contribution in [0.15, 0.2) is 48.5 Å². The summed E-state index contributed by atoms with van der Waals surface area (Å²) in [6, 6.07) is 16.1. The Balaban J connectivity index is 1.67. The van der Waals surface area contributed by atoms with Crippen molar-refractivity contribution in [3.8, 4) is 11.3 Å². The molecule has 0 spiro atoms. The van der Waals surface area contributed by atoms with Gasteiger partial charge in [-0.3, -0.25) is 4.79 Å². The summed E-state index contributed by atoms with van der Waals surface area (Å²) in [7, 11) is 1.59. The van der Waals surface area contributed by atoms with Gasteiger partial charge in [-0.1, -0.05) is 41.9 Å². The molecule has 1 unspecified atom stereocenters. The van der Waals surface area contributed by atoms with Crippen LogP contribution in [0.5, 0.6) is 0 Å². The van der Waals surface area contributed by atoms with Crippen LogP contribution >= 0.6 is 11.6 Å². The summed E-state index contributed by atoms with van der Waals surface area (Å²) in [5.41, 5.74) is 4.75. The van der Waals surface area contributed by atoms with Gasteiger partial charge in [-0.2, -0.15) is 0 Å². The Morgan fingerprint density at radius 2 is 1.97 bits per heavy atom. The molecule has 148 valence electrons. The number of aromatic nitrogens is 2. The van der Waals surface area contributed by atoms with E-state index in [2.05, 4.69) is 44.9 Å². The van der Waals surface area contributed by atoms with Crippen molar-refractivity contribution in [1.29, 1.82) is 0 Å². The number of halogens is 1. The van der Waals surface area contributed by atoms with E-state index in [4.69, 9.17) is 11.6 Å². The number of fused-ring (bicyclic) bond motifs is 1. The molecule has 2 aromatic carbocycles. The summed E-state index contributed by atoms with van der Waals surface area (Å²) >= 11 is 6.19. The van der Waals surface area contributed by atoms with Gasteiger partial charge in [0.25, 0.3) is 5.91 Å². The van der Waals surface area contributed by atoms with E-state index >= 15 is 0 Å². The number of carbonyl (C=O) groups is 1. The van der Waals surface area contributed by atoms with Gasteiger partial charge in [-0.15, -0.1) is 0 Å². The average molecular weight is 407 g/mol. The Hall–Kier alpha value is -2.92. The van der Waals surface area contributed by atoms with Crippen LogP contribution in [0.1, 0.15) is 46.2 Å². The largest absolute Gasteiger partial charge is 0.363 e. The molecule has 4 rings (SSSR count). The van der Waals surface area contributed by atoms with Crippen LogP contribution in [-0.2, 0) is 6.42 Å². The topological polar surface area (TPSA) is 66.9 Å². The molecule has 0 radical (unpaired) electrons. The van der Waals surface area contributed by atoms with Gasteiger partial charge in [-0.25, -0.2) is 9.97 Å². The Labute approximate surface area is 175 Å². The number of nitrogens with zero attached hydrogens (tertiary/aromatic N) is 2. The third-order valence-electron chi connectivity index (χ3n) is 5.26. The van der Waals surface area contributed by atoms with Gasteiger partial charge in [0.05, 0.1) is 22.3 Å². The molecule has 0 saturated carbocycles. The molecule has 2 N–H and O–H groups in total. The van der Waals surface area contributed by atoms with Crippen molar-refractivity contribution in [3.63, 3.8) is 0 Å². The Bertz CT molecular complexity index is 1070. The van der Waals surface area contributed by atoms with Crippen molar-refractivity contribution in [3.05, 3.63) is 76.1 Å². The van der Waals surface area contributed by atoms with E-state index in [0.717, 1.165) is 36.3 Å². The predicted molar refractivity (Wildman–Crippen MR) is 116 cm³/mol. The van der Waals surface area contributed by atoms with Gasteiger partial charge < -0.3 is 10.6 Å². The van der Waals surface area contributed by atoms with E-state index in [1.807, 2.05) is 19.1 Å². The maximum Gasteiger partial charge on any atom is 0.252 e. The Morgan fingerprint density at radius 3 is 2.79 bits per heavy atom. The SMILES string of the molecule is CNC(=O)c1cc(-c2cc(NC3CCCc4ccccc43)nc(C)n2)ccc1Cl. The van der Waals surface area contributed by atoms with Crippen LogP contribution in [0.25, 0.3) is 11.3 Å². The molecule has 1 heterocycles. The molecule has 0 fully saturated rings. The lowest BCUT2D eigenvalue weighted by Gasteiger charge is -2.27. The maximum atomic E-state index is 12.1. The van der Waals surface area contributed by atoms with E-state index in [9.17, 15) is 4.79 Å². The third kappa shape index (κ3) is 4.10. The standard InChI is InChI=1S/C23H23ClN4O/c1-14-26-21(16-10-11-19(24)18(12-16)23(29)25-2)13-22(27-14)28-20-9-5-7-15-6-3-4-8-17(15)20/h3-4,6,8,10-13,20H,5,7,9H2,1-2H3,(H,25,29)(H,26,27,28). The monoisotopic (exact) mass is 406 g/mol. The number of anilines is 1. The van der Waals surface area contributed by atoms with Gasteiger partial charge in [0, 0.05) is 18.7 Å². The summed E-state index contributed by atoms with van der Waals surface area (Å²) in [5, 5.41) is 6.62. The van der Waals surface area contributed by atoms with Crippen LogP contribution < -0.4 is 10.6 Å². The fourth-order valence-electron chi connectivity index (χ4n) is 3.87. The highest BCUT2D eigenvalue weighted by Gasteiger charge is 2.20. The second kappa shape index (κ2) is 8.21. The van der Waals surface area contributed by atoms with E-state index < -0.39 is 0 Å². The lowest BCUT2D eigenvalue weighted by atomic mass is 9.88. The van der Waals surface area contributed by atoms with Crippen molar-refractivity contribution in [2.75, 3.05) is 12.4 Å². The van der Waals surface area contributed by atoms with Gasteiger partial charge in [0.1, 0.15) is 11.6 Å². The van der Waals surface area contributed by atoms with Gasteiger partial charge in [0.2, 0.25) is 0 Å². The molecule has 0 aliphatic heterocycles. The number of rotatable bonds is 4. The summed E-state index contributed by atoms with van der Waals surface area (Å²) < 4.78 is 0. The van der Waals surface area contributed by atoms with Crippen LogP contribution in [0, 0.1) is 6.92 Å². The highest BCUT2D eigenvalue weighted by molar-refractivity contribution is 6.34. The normalized spacial score (nSPS) is 15.5. The highest BCUT2D eigenvalue weighted by Crippen LogP contribution is 2.33. The summed E-state index contributed by atoms with van der Waals surface area (Å²) in [6.07, 6.45) is 3.34. The average Bonchev–Trinajstić information content (AvgIpc) is 2.73. The minimum atomic E-state index is -0.222. The van der Waals surface area contributed by atoms with Crippen molar-refractivity contribution >= 4 is 23.3 Å². The van der Waals surface area contributed by atoms with E-state index in [0.29, 0.717) is 16.4 Å². The molecule has 6 heteroatoms. The zero-order chi connectivity index (χ0) is 20.4. The molecular formula is C23H23ClN4O. The van der Waals surface area contributed by atoms with Crippen molar-refractivity contribution in [2.45, 2.75) is 32.2 Å². The van der Waals surface area contributed by atoms with Crippen LogP contribution in [0.3, 0.4) is 0 Å². The first-order chi connectivity index (χ1) is 14.0. The van der Waals surface area contributed by atoms with E-state index in [1.165, 1.54) is 11.1 Å². The number of hydrogen-bond acceptors (Lipinski definition) is 4. The number of carbonyl (C=O) groups excluding carboxylic acids is 1. The fourth-order valence-corrected chi connectivity index (χ4v) is 4.07. The molecule has 1 atom stereocenters. The number of benzene rings is 2. The number of aryl methyl sites for hydroxylation is 2. The minimum Gasteiger partial charge on any atom is -0.363 e. The van der Waals surface area contributed by atoms with Crippen LogP contribution in [0.4, 0.5) is 5.82 Å². The third-order valence-corrected chi connectivity index (χ3v) is 5.59. The molecule has 3 aromatic rings. The highest BCUT2D eigenvalue weighted by atomic mass is 35.5. The summed E-state index contributed by atoms with van der Waals surface area (Å²) in [5.74, 6) is 1.23. The van der Waals surface area contributed by atoms with Crippen molar-refractivity contribution in [1.82, 2.24) is 15.3 Å². The molecule has 1 aliphatic rings. The van der Waals surface area contributed by atoms with Gasteiger partial charge >= 0.3 is 0 Å². The Morgan fingerprint density at radius 1 is 1.14 bits per heavy atom. The first-order valence-electron chi connectivity index (χ1n) is 9.77. The molecule has 1 amide bonds. The number of amides is 1. The summed E-state index contributed by atoms with van der Waals surface area (Å²) in [6.45, 7) is 1.87. The van der Waals surface area contributed by atoms with Crippen molar-refractivity contribution in [2.24, 2.45) is 0 Å². The number of hydrogen-bond donors (Lipinski definition) is 2. The lowest BCUT2D eigenvalue weighted by molar-refractivity contribution is 0.0963.